The van der Waals surface area contributed by atoms with Crippen molar-refractivity contribution in [2.24, 2.45) is 0 Å². The fourth-order valence-electron chi connectivity index (χ4n) is 1.57. The molecular formula is C10H10N6S. The lowest BCUT2D eigenvalue weighted by Gasteiger charge is -2.06. The van der Waals surface area contributed by atoms with Gasteiger partial charge in [0.2, 0.25) is 0 Å². The second kappa shape index (κ2) is 4.02. The van der Waals surface area contributed by atoms with Crippen molar-refractivity contribution in [1.29, 1.82) is 0 Å². The van der Waals surface area contributed by atoms with Crippen molar-refractivity contribution in [3.05, 3.63) is 35.2 Å². The number of hydrogen-bond donors (Lipinski definition) is 2. The van der Waals surface area contributed by atoms with Gasteiger partial charge >= 0.3 is 0 Å². The largest absolute Gasteiger partial charge is 0.382 e. The smallest absolute Gasteiger partial charge is 0.180 e. The molecule has 0 atom stereocenters. The lowest BCUT2D eigenvalue weighted by atomic mass is 10.5. The maximum atomic E-state index is 5.72. The Morgan fingerprint density at radius 2 is 2.41 bits per heavy atom. The number of anilines is 2. The topological polar surface area (TPSA) is 81.1 Å². The van der Waals surface area contributed by atoms with Crippen LogP contribution in [0.15, 0.2) is 30.3 Å². The summed E-state index contributed by atoms with van der Waals surface area (Å²) in [5.74, 6) is 1.14. The number of nitrogen functional groups attached to an aromatic ring is 1. The number of aromatic nitrogens is 4. The molecule has 7 heteroatoms. The highest BCUT2D eigenvalue weighted by Gasteiger charge is 2.05. The predicted molar refractivity (Wildman–Crippen MR) is 66.8 cm³/mol. The van der Waals surface area contributed by atoms with Crippen LogP contribution < -0.4 is 11.1 Å². The van der Waals surface area contributed by atoms with Gasteiger partial charge < -0.3 is 15.5 Å². The third kappa shape index (κ3) is 1.92. The molecule has 0 amide bonds. The zero-order chi connectivity index (χ0) is 11.7. The van der Waals surface area contributed by atoms with E-state index in [2.05, 4.69) is 20.3 Å². The van der Waals surface area contributed by atoms with Crippen LogP contribution in [0.2, 0.25) is 0 Å². The first-order valence-corrected chi connectivity index (χ1v) is 5.91. The van der Waals surface area contributed by atoms with E-state index in [1.54, 1.807) is 29.2 Å². The number of hydrogen-bond acceptors (Lipinski definition) is 6. The molecule has 6 nitrogen and oxygen atoms in total. The van der Waals surface area contributed by atoms with E-state index in [9.17, 15) is 0 Å². The number of thiazole rings is 1. The Morgan fingerprint density at radius 3 is 3.24 bits per heavy atom. The van der Waals surface area contributed by atoms with Gasteiger partial charge in [-0.3, -0.25) is 4.98 Å². The van der Waals surface area contributed by atoms with Crippen molar-refractivity contribution in [1.82, 2.24) is 19.4 Å². The zero-order valence-corrected chi connectivity index (χ0v) is 9.68. The van der Waals surface area contributed by atoms with Gasteiger partial charge in [-0.2, -0.15) is 0 Å². The van der Waals surface area contributed by atoms with Crippen molar-refractivity contribution in [2.75, 3.05) is 11.1 Å². The first-order chi connectivity index (χ1) is 8.33. The van der Waals surface area contributed by atoms with Crippen LogP contribution in [0.4, 0.5) is 11.6 Å². The number of nitrogens with zero attached hydrogens (tertiary/aromatic N) is 4. The van der Waals surface area contributed by atoms with Gasteiger partial charge in [-0.1, -0.05) is 0 Å². The third-order valence-corrected chi connectivity index (χ3v) is 3.09. The number of nitrogens with one attached hydrogen (secondary N) is 1. The highest BCUT2D eigenvalue weighted by atomic mass is 32.1. The fraction of sp³-hybridized carbons (Fsp3) is 0.100. The van der Waals surface area contributed by atoms with Gasteiger partial charge in [0.05, 0.1) is 18.3 Å². The first kappa shape index (κ1) is 10.0. The van der Waals surface area contributed by atoms with Crippen molar-refractivity contribution >= 4 is 28.6 Å². The van der Waals surface area contributed by atoms with Gasteiger partial charge in [-0.25, -0.2) is 9.97 Å². The lowest BCUT2D eigenvalue weighted by molar-refractivity contribution is 1.09. The zero-order valence-electron chi connectivity index (χ0n) is 8.87. The second-order valence-electron chi connectivity index (χ2n) is 3.49. The van der Waals surface area contributed by atoms with Crippen LogP contribution in [-0.4, -0.2) is 19.4 Å². The average molecular weight is 246 g/mol. The first-order valence-electron chi connectivity index (χ1n) is 5.03. The summed E-state index contributed by atoms with van der Waals surface area (Å²) in [7, 11) is 0. The van der Waals surface area contributed by atoms with Crippen molar-refractivity contribution in [3.63, 3.8) is 0 Å². The summed E-state index contributed by atoms with van der Waals surface area (Å²) in [5.41, 5.74) is 8.29. The number of nitrogens with two attached hydrogens (primary N) is 1. The molecule has 0 radical (unpaired) electrons. The maximum absolute atomic E-state index is 5.72. The molecule has 17 heavy (non-hydrogen) atoms. The molecule has 3 aromatic heterocycles. The van der Waals surface area contributed by atoms with Crippen molar-refractivity contribution in [2.45, 2.75) is 6.54 Å². The van der Waals surface area contributed by atoms with Gasteiger partial charge in [0.1, 0.15) is 5.82 Å². The van der Waals surface area contributed by atoms with Crippen LogP contribution in [0.5, 0.6) is 0 Å². The van der Waals surface area contributed by atoms with Crippen LogP contribution in [0, 0.1) is 0 Å². The number of imidazole rings is 1. The normalized spacial score (nSPS) is 10.8. The summed E-state index contributed by atoms with van der Waals surface area (Å²) < 4.78 is 1.84. The average Bonchev–Trinajstić information content (AvgIpc) is 2.95. The Morgan fingerprint density at radius 1 is 1.47 bits per heavy atom. The lowest BCUT2D eigenvalue weighted by Crippen LogP contribution is -2.05. The molecule has 0 saturated carbocycles. The maximum Gasteiger partial charge on any atom is 0.180 e. The van der Waals surface area contributed by atoms with Crippen molar-refractivity contribution < 1.29 is 0 Å². The molecule has 86 valence electrons. The summed E-state index contributed by atoms with van der Waals surface area (Å²) in [6, 6.07) is 0. The molecule has 0 saturated heterocycles. The Balaban J connectivity index is 1.91. The molecule has 0 spiro atoms. The number of fused-ring (bicyclic) bond motifs is 1. The minimum absolute atomic E-state index is 0.460. The molecule has 0 fully saturated rings. The minimum Gasteiger partial charge on any atom is -0.382 e. The van der Waals surface area contributed by atoms with E-state index >= 15 is 0 Å². The van der Waals surface area contributed by atoms with E-state index < -0.39 is 0 Å². The van der Waals surface area contributed by atoms with E-state index in [0.717, 1.165) is 10.5 Å². The summed E-state index contributed by atoms with van der Waals surface area (Å²) >= 11 is 1.59. The fourth-order valence-corrected chi connectivity index (χ4v) is 2.10. The Kier molecular flexibility index (Phi) is 2.37. The van der Waals surface area contributed by atoms with E-state index in [0.29, 0.717) is 18.2 Å². The minimum atomic E-state index is 0.460. The Hall–Kier alpha value is -2.15. The Bertz CT molecular complexity index is 629. The van der Waals surface area contributed by atoms with Gasteiger partial charge in [-0.05, 0) is 0 Å². The molecule has 3 N–H and O–H groups in total. The molecular weight excluding hydrogens is 236 g/mol. The van der Waals surface area contributed by atoms with Crippen LogP contribution in [0.25, 0.3) is 5.65 Å². The van der Waals surface area contributed by atoms with E-state index in [-0.39, 0.29) is 0 Å². The number of rotatable bonds is 3. The SMILES string of the molecule is Nc1cn2ccnc2c(NCc2cncs2)n1. The second-order valence-corrected chi connectivity index (χ2v) is 4.46. The molecule has 3 rings (SSSR count). The molecule has 0 aromatic carbocycles. The molecule has 3 heterocycles. The molecule has 0 unspecified atom stereocenters. The van der Waals surface area contributed by atoms with Gasteiger partial charge in [0.15, 0.2) is 11.5 Å². The summed E-state index contributed by atoms with van der Waals surface area (Å²) in [6.45, 7) is 0.670. The molecule has 0 aliphatic heterocycles. The van der Waals surface area contributed by atoms with E-state index in [1.807, 2.05) is 16.8 Å². The summed E-state index contributed by atoms with van der Waals surface area (Å²) in [4.78, 5) is 13.6. The standard InChI is InChI=1S/C10H10N6S/c11-8-5-16-2-1-13-10(16)9(15-8)14-4-7-3-12-6-17-7/h1-3,5-6H,4,11H2,(H,14,15). The molecule has 3 aromatic rings. The van der Waals surface area contributed by atoms with Crippen LogP contribution in [-0.2, 0) is 6.54 Å². The Labute approximate surface area is 101 Å². The molecule has 0 aliphatic rings. The van der Waals surface area contributed by atoms with E-state index in [1.165, 1.54) is 0 Å². The summed E-state index contributed by atoms with van der Waals surface area (Å²) in [5, 5.41) is 3.21. The highest BCUT2D eigenvalue weighted by Crippen LogP contribution is 2.16. The highest BCUT2D eigenvalue weighted by molar-refractivity contribution is 7.09. The van der Waals surface area contributed by atoms with Gasteiger partial charge in [0.25, 0.3) is 0 Å². The third-order valence-electron chi connectivity index (χ3n) is 2.31. The molecule has 0 bridgehead atoms. The van der Waals surface area contributed by atoms with Crippen LogP contribution >= 0.6 is 11.3 Å². The van der Waals surface area contributed by atoms with Gasteiger partial charge in [-0.15, -0.1) is 11.3 Å². The monoisotopic (exact) mass is 246 g/mol. The van der Waals surface area contributed by atoms with Crippen molar-refractivity contribution in [3.8, 4) is 0 Å². The van der Waals surface area contributed by atoms with E-state index in [4.69, 9.17) is 5.73 Å². The van der Waals surface area contributed by atoms with Crippen LogP contribution in [0.1, 0.15) is 4.88 Å². The summed E-state index contributed by atoms with van der Waals surface area (Å²) in [6.07, 6.45) is 7.12. The van der Waals surface area contributed by atoms with Gasteiger partial charge in [0, 0.05) is 23.5 Å². The molecule has 0 aliphatic carbocycles. The quantitative estimate of drug-likeness (QED) is 0.729. The van der Waals surface area contributed by atoms with Crippen LogP contribution in [0.3, 0.4) is 0 Å². The predicted octanol–water partition coefficient (Wildman–Crippen LogP) is 1.38.